The molecule has 1 heterocycles. The van der Waals surface area contributed by atoms with Crippen molar-refractivity contribution in [3.8, 4) is 0 Å². The Morgan fingerprint density at radius 3 is 2.27 bits per heavy atom. The number of benzene rings is 1. The minimum absolute atomic E-state index is 1.01. The highest BCUT2D eigenvalue weighted by Crippen LogP contribution is 2.29. The summed E-state index contributed by atoms with van der Waals surface area (Å²) in [5.41, 5.74) is 7.83. The van der Waals surface area contributed by atoms with E-state index in [-0.39, 0.29) is 0 Å². The van der Waals surface area contributed by atoms with Gasteiger partial charge in [-0.3, -0.25) is 4.99 Å². The lowest BCUT2D eigenvalue weighted by Gasteiger charge is -2.07. The maximum Gasteiger partial charge on any atom is 0.0413 e. The molecule has 2 rings (SSSR count). The van der Waals surface area contributed by atoms with Gasteiger partial charge in [0.1, 0.15) is 0 Å². The average Bonchev–Trinajstić information content (AvgIpc) is 2.50. The Morgan fingerprint density at radius 2 is 1.73 bits per heavy atom. The number of hydrogen-bond acceptors (Lipinski definition) is 1. The second kappa shape index (κ2) is 3.65. The van der Waals surface area contributed by atoms with E-state index in [1.807, 2.05) is 0 Å². The molecule has 0 radical (unpaired) electrons. The molecule has 0 atom stereocenters. The van der Waals surface area contributed by atoms with E-state index in [0.717, 1.165) is 6.42 Å². The summed E-state index contributed by atoms with van der Waals surface area (Å²) in [5, 5.41) is 0. The Bertz CT molecular complexity index is 464. The molecule has 1 heteroatoms. The first kappa shape index (κ1) is 10.2. The monoisotopic (exact) mass is 199 g/mol. The molecule has 0 amide bonds. The second-order valence-electron chi connectivity index (χ2n) is 4.39. The van der Waals surface area contributed by atoms with Crippen molar-refractivity contribution in [1.29, 1.82) is 0 Å². The molecule has 0 saturated heterocycles. The zero-order chi connectivity index (χ0) is 11.0. The lowest BCUT2D eigenvalue weighted by Crippen LogP contribution is -1.90. The molecular formula is C14H17N. The Balaban J connectivity index is 2.41. The van der Waals surface area contributed by atoms with Crippen LogP contribution in [0.2, 0.25) is 0 Å². The second-order valence-corrected chi connectivity index (χ2v) is 4.39. The molecule has 1 aliphatic heterocycles. The molecular weight excluding hydrogens is 182 g/mol. The van der Waals surface area contributed by atoms with Gasteiger partial charge in [-0.25, -0.2) is 0 Å². The van der Waals surface area contributed by atoms with Gasteiger partial charge in [0.05, 0.1) is 0 Å². The van der Waals surface area contributed by atoms with Crippen molar-refractivity contribution in [2.24, 2.45) is 4.99 Å². The van der Waals surface area contributed by atoms with Gasteiger partial charge in [0.2, 0.25) is 0 Å². The summed E-state index contributed by atoms with van der Waals surface area (Å²) in [6, 6.07) is 6.66. The van der Waals surface area contributed by atoms with Gasteiger partial charge in [-0.05, 0) is 50.0 Å². The van der Waals surface area contributed by atoms with Crippen molar-refractivity contribution in [3.63, 3.8) is 0 Å². The van der Waals surface area contributed by atoms with Gasteiger partial charge in [0.25, 0.3) is 0 Å². The van der Waals surface area contributed by atoms with E-state index < -0.39 is 0 Å². The van der Waals surface area contributed by atoms with Gasteiger partial charge in [0.15, 0.2) is 0 Å². The maximum absolute atomic E-state index is 4.50. The van der Waals surface area contributed by atoms with Crippen molar-refractivity contribution in [1.82, 2.24) is 0 Å². The highest BCUT2D eigenvalue weighted by Gasteiger charge is 2.13. The molecule has 78 valence electrons. The number of allylic oxidation sites excluding steroid dienone is 2. The summed E-state index contributed by atoms with van der Waals surface area (Å²) < 4.78 is 0. The largest absolute Gasteiger partial charge is 0.262 e. The lowest BCUT2D eigenvalue weighted by molar-refractivity contribution is 1.30. The molecule has 0 fully saturated rings. The van der Waals surface area contributed by atoms with Crippen LogP contribution in [0.4, 0.5) is 0 Å². The van der Waals surface area contributed by atoms with E-state index in [0.29, 0.717) is 0 Å². The third-order valence-electron chi connectivity index (χ3n) is 3.08. The highest BCUT2D eigenvalue weighted by molar-refractivity contribution is 5.98. The van der Waals surface area contributed by atoms with Crippen molar-refractivity contribution in [3.05, 3.63) is 40.6 Å². The first-order valence-corrected chi connectivity index (χ1v) is 5.39. The summed E-state index contributed by atoms with van der Waals surface area (Å²) in [7, 11) is 0. The van der Waals surface area contributed by atoms with Crippen LogP contribution in [-0.4, -0.2) is 5.71 Å². The van der Waals surface area contributed by atoms with Gasteiger partial charge >= 0.3 is 0 Å². The summed E-state index contributed by atoms with van der Waals surface area (Å²) in [6.45, 7) is 8.51. The van der Waals surface area contributed by atoms with Gasteiger partial charge in [-0.15, -0.1) is 0 Å². The number of hydrogen-bond donors (Lipinski definition) is 0. The summed E-state index contributed by atoms with van der Waals surface area (Å²) >= 11 is 0. The van der Waals surface area contributed by atoms with Crippen LogP contribution in [0.15, 0.2) is 28.9 Å². The molecule has 1 aromatic rings. The van der Waals surface area contributed by atoms with Crippen molar-refractivity contribution >= 4 is 11.3 Å². The number of rotatable bonds is 1. The summed E-state index contributed by atoms with van der Waals surface area (Å²) in [4.78, 5) is 4.50. The smallest absolute Gasteiger partial charge is 0.0413 e. The van der Waals surface area contributed by atoms with E-state index in [9.17, 15) is 0 Å². The van der Waals surface area contributed by atoms with Gasteiger partial charge < -0.3 is 0 Å². The van der Waals surface area contributed by atoms with Crippen LogP contribution >= 0.6 is 0 Å². The molecule has 0 aliphatic carbocycles. The SMILES string of the molecule is CC1=NC(C)=C(c2ccc(C)c(C)c2)C1. The molecule has 0 unspecified atom stereocenters. The molecule has 1 aromatic carbocycles. The molecule has 0 N–H and O–H groups in total. The molecule has 15 heavy (non-hydrogen) atoms. The predicted octanol–water partition coefficient (Wildman–Crippen LogP) is 3.90. The Kier molecular flexibility index (Phi) is 2.47. The minimum Gasteiger partial charge on any atom is -0.262 e. The van der Waals surface area contributed by atoms with Crippen LogP contribution in [0.25, 0.3) is 5.57 Å². The number of aryl methyl sites for hydroxylation is 2. The average molecular weight is 199 g/mol. The van der Waals surface area contributed by atoms with Crippen molar-refractivity contribution in [2.45, 2.75) is 34.1 Å². The quantitative estimate of drug-likeness (QED) is 0.650. The van der Waals surface area contributed by atoms with Crippen LogP contribution in [-0.2, 0) is 0 Å². The maximum atomic E-state index is 4.50. The van der Waals surface area contributed by atoms with E-state index in [4.69, 9.17) is 0 Å². The fourth-order valence-corrected chi connectivity index (χ4v) is 2.02. The first-order valence-electron chi connectivity index (χ1n) is 5.39. The first-order chi connectivity index (χ1) is 7.08. The lowest BCUT2D eigenvalue weighted by atomic mass is 9.97. The number of nitrogens with zero attached hydrogens (tertiary/aromatic N) is 1. The van der Waals surface area contributed by atoms with Gasteiger partial charge in [0, 0.05) is 17.8 Å². The van der Waals surface area contributed by atoms with Gasteiger partial charge in [-0.2, -0.15) is 0 Å². The van der Waals surface area contributed by atoms with Crippen LogP contribution < -0.4 is 0 Å². The van der Waals surface area contributed by atoms with Crippen LogP contribution in [0.3, 0.4) is 0 Å². The van der Waals surface area contributed by atoms with E-state index in [1.165, 1.54) is 33.7 Å². The zero-order valence-electron chi connectivity index (χ0n) is 9.89. The van der Waals surface area contributed by atoms with E-state index in [2.05, 4.69) is 50.9 Å². The highest BCUT2D eigenvalue weighted by atomic mass is 14.8. The van der Waals surface area contributed by atoms with Crippen LogP contribution in [0.1, 0.15) is 37.0 Å². The van der Waals surface area contributed by atoms with Crippen LogP contribution in [0.5, 0.6) is 0 Å². The van der Waals surface area contributed by atoms with E-state index in [1.54, 1.807) is 0 Å². The molecule has 0 bridgehead atoms. The minimum atomic E-state index is 1.01. The third-order valence-corrected chi connectivity index (χ3v) is 3.08. The predicted molar refractivity (Wildman–Crippen MR) is 66.2 cm³/mol. The van der Waals surface area contributed by atoms with Crippen molar-refractivity contribution in [2.75, 3.05) is 0 Å². The molecule has 1 aliphatic rings. The normalized spacial score (nSPS) is 15.9. The molecule has 0 saturated carbocycles. The summed E-state index contributed by atoms with van der Waals surface area (Å²) in [5.74, 6) is 0. The Labute approximate surface area is 91.6 Å². The molecule has 1 nitrogen and oxygen atoms in total. The fraction of sp³-hybridized carbons (Fsp3) is 0.357. The standard InChI is InChI=1S/C14H17N/c1-9-5-6-13(7-10(9)2)14-8-11(3)15-12(14)4/h5-7H,8H2,1-4H3. The Morgan fingerprint density at radius 1 is 1.00 bits per heavy atom. The van der Waals surface area contributed by atoms with Crippen LogP contribution in [0, 0.1) is 13.8 Å². The fourth-order valence-electron chi connectivity index (χ4n) is 2.02. The molecule has 0 spiro atoms. The van der Waals surface area contributed by atoms with E-state index >= 15 is 0 Å². The third kappa shape index (κ3) is 1.87. The Hall–Kier alpha value is -1.37. The van der Waals surface area contributed by atoms with Gasteiger partial charge in [-0.1, -0.05) is 18.2 Å². The zero-order valence-corrected chi connectivity index (χ0v) is 9.89. The topological polar surface area (TPSA) is 12.4 Å². The summed E-state index contributed by atoms with van der Waals surface area (Å²) in [6.07, 6.45) is 1.01. The van der Waals surface area contributed by atoms with Crippen molar-refractivity contribution < 1.29 is 0 Å². The molecule has 0 aromatic heterocycles. The number of aliphatic imine (C=N–C) groups is 1.